The van der Waals surface area contributed by atoms with Crippen molar-refractivity contribution < 1.29 is 4.79 Å². The first kappa shape index (κ1) is 14.6. The second kappa shape index (κ2) is 6.62. The van der Waals surface area contributed by atoms with Crippen molar-refractivity contribution in [3.8, 4) is 0 Å². The molecule has 0 bridgehead atoms. The van der Waals surface area contributed by atoms with Crippen molar-refractivity contribution in [1.82, 2.24) is 9.55 Å². The van der Waals surface area contributed by atoms with Gasteiger partial charge in [0, 0.05) is 35.7 Å². The van der Waals surface area contributed by atoms with Gasteiger partial charge in [0.1, 0.15) is 0 Å². The maximum atomic E-state index is 12.7. The Labute approximate surface area is 134 Å². The standard InChI is InChI=1S/C18H16N2OS/c1-20-12-11-19-18(20)17(21)15-9-5-6-10-16(15)22-13-14-7-3-2-4-8-14/h2-12H,13H2,1H3. The van der Waals surface area contributed by atoms with Crippen LogP contribution >= 0.6 is 11.8 Å². The van der Waals surface area contributed by atoms with Gasteiger partial charge < -0.3 is 4.57 Å². The third-order valence-electron chi connectivity index (χ3n) is 3.39. The molecule has 0 atom stereocenters. The van der Waals surface area contributed by atoms with E-state index in [1.807, 2.05) is 49.5 Å². The molecule has 0 amide bonds. The zero-order valence-electron chi connectivity index (χ0n) is 12.3. The van der Waals surface area contributed by atoms with Crippen molar-refractivity contribution >= 4 is 17.5 Å². The summed E-state index contributed by atoms with van der Waals surface area (Å²) in [5.41, 5.74) is 1.95. The molecule has 0 saturated carbocycles. The van der Waals surface area contributed by atoms with Crippen LogP contribution in [0.4, 0.5) is 0 Å². The molecule has 2 aromatic carbocycles. The van der Waals surface area contributed by atoms with Crippen LogP contribution in [0, 0.1) is 0 Å². The summed E-state index contributed by atoms with van der Waals surface area (Å²) in [5, 5.41) is 0. The number of rotatable bonds is 5. The normalized spacial score (nSPS) is 10.6. The fraction of sp³-hybridized carbons (Fsp3) is 0.111. The number of aromatic nitrogens is 2. The molecule has 1 heterocycles. The number of benzene rings is 2. The maximum Gasteiger partial charge on any atom is 0.229 e. The molecule has 0 saturated heterocycles. The molecule has 22 heavy (non-hydrogen) atoms. The van der Waals surface area contributed by atoms with Crippen LogP contribution < -0.4 is 0 Å². The largest absolute Gasteiger partial charge is 0.331 e. The molecule has 3 rings (SSSR count). The van der Waals surface area contributed by atoms with E-state index in [1.165, 1.54) is 5.56 Å². The number of aryl methyl sites for hydroxylation is 1. The topological polar surface area (TPSA) is 34.9 Å². The Morgan fingerprint density at radius 1 is 1.09 bits per heavy atom. The van der Waals surface area contributed by atoms with Gasteiger partial charge in [0.25, 0.3) is 0 Å². The molecule has 4 heteroatoms. The highest BCUT2D eigenvalue weighted by atomic mass is 32.2. The monoisotopic (exact) mass is 308 g/mol. The molecule has 0 spiro atoms. The molecule has 0 aliphatic rings. The van der Waals surface area contributed by atoms with E-state index in [1.54, 1.807) is 28.7 Å². The highest BCUT2D eigenvalue weighted by Crippen LogP contribution is 2.27. The van der Waals surface area contributed by atoms with Crippen molar-refractivity contribution in [2.75, 3.05) is 0 Å². The fourth-order valence-electron chi connectivity index (χ4n) is 2.22. The van der Waals surface area contributed by atoms with Gasteiger partial charge in [0.2, 0.25) is 5.78 Å². The minimum Gasteiger partial charge on any atom is -0.331 e. The summed E-state index contributed by atoms with van der Waals surface area (Å²) in [4.78, 5) is 17.8. The average Bonchev–Trinajstić information content (AvgIpc) is 2.99. The maximum absolute atomic E-state index is 12.7. The number of carbonyl (C=O) groups is 1. The summed E-state index contributed by atoms with van der Waals surface area (Å²) in [6.07, 6.45) is 3.43. The van der Waals surface area contributed by atoms with Gasteiger partial charge in [-0.1, -0.05) is 42.5 Å². The molecule has 0 fully saturated rings. The number of hydrogen-bond donors (Lipinski definition) is 0. The Morgan fingerprint density at radius 3 is 2.55 bits per heavy atom. The van der Waals surface area contributed by atoms with E-state index < -0.39 is 0 Å². The quantitative estimate of drug-likeness (QED) is 0.529. The Bertz CT molecular complexity index is 781. The molecule has 0 N–H and O–H groups in total. The molecule has 0 radical (unpaired) electrons. The van der Waals surface area contributed by atoms with E-state index in [4.69, 9.17) is 0 Å². The minimum absolute atomic E-state index is 0.0383. The molecular weight excluding hydrogens is 292 g/mol. The summed E-state index contributed by atoms with van der Waals surface area (Å²) in [6, 6.07) is 18.0. The molecule has 3 nitrogen and oxygen atoms in total. The van der Waals surface area contributed by atoms with Crippen molar-refractivity contribution in [2.24, 2.45) is 7.05 Å². The van der Waals surface area contributed by atoms with E-state index in [0.717, 1.165) is 10.6 Å². The van der Waals surface area contributed by atoms with Crippen LogP contribution in [0.25, 0.3) is 0 Å². The lowest BCUT2D eigenvalue weighted by Crippen LogP contribution is -2.09. The van der Waals surface area contributed by atoms with Gasteiger partial charge in [-0.25, -0.2) is 4.98 Å². The van der Waals surface area contributed by atoms with Crippen molar-refractivity contribution in [1.29, 1.82) is 0 Å². The number of hydrogen-bond acceptors (Lipinski definition) is 3. The second-order valence-corrected chi connectivity index (χ2v) is 5.98. The highest BCUT2D eigenvalue weighted by Gasteiger charge is 2.17. The van der Waals surface area contributed by atoms with Crippen LogP contribution in [0.3, 0.4) is 0 Å². The first-order valence-electron chi connectivity index (χ1n) is 7.03. The predicted octanol–water partition coefficient (Wildman–Crippen LogP) is 3.94. The number of thioether (sulfide) groups is 1. The molecule has 0 unspecified atom stereocenters. The van der Waals surface area contributed by atoms with Gasteiger partial charge in [-0.15, -0.1) is 11.8 Å². The Hall–Kier alpha value is -2.33. The summed E-state index contributed by atoms with van der Waals surface area (Å²) >= 11 is 1.67. The van der Waals surface area contributed by atoms with Crippen LogP contribution in [0.2, 0.25) is 0 Å². The molecule has 1 aromatic heterocycles. The highest BCUT2D eigenvalue weighted by molar-refractivity contribution is 7.98. The van der Waals surface area contributed by atoms with Crippen LogP contribution in [-0.2, 0) is 12.8 Å². The molecule has 3 aromatic rings. The van der Waals surface area contributed by atoms with Gasteiger partial charge in [-0.05, 0) is 17.7 Å². The van der Waals surface area contributed by atoms with Gasteiger partial charge in [-0.3, -0.25) is 4.79 Å². The lowest BCUT2D eigenvalue weighted by Gasteiger charge is -2.08. The third-order valence-corrected chi connectivity index (χ3v) is 4.54. The van der Waals surface area contributed by atoms with Crippen LogP contribution in [0.1, 0.15) is 21.7 Å². The Balaban J connectivity index is 1.84. The Kier molecular flexibility index (Phi) is 4.39. The SMILES string of the molecule is Cn1ccnc1C(=O)c1ccccc1SCc1ccccc1. The van der Waals surface area contributed by atoms with Crippen molar-refractivity contribution in [2.45, 2.75) is 10.6 Å². The van der Waals surface area contributed by atoms with Crippen molar-refractivity contribution in [3.05, 3.63) is 83.9 Å². The van der Waals surface area contributed by atoms with Crippen LogP contribution in [0.15, 0.2) is 71.9 Å². The van der Waals surface area contributed by atoms with Gasteiger partial charge >= 0.3 is 0 Å². The number of carbonyl (C=O) groups excluding carboxylic acids is 1. The van der Waals surface area contributed by atoms with E-state index in [0.29, 0.717) is 11.4 Å². The van der Waals surface area contributed by atoms with E-state index in [9.17, 15) is 4.79 Å². The van der Waals surface area contributed by atoms with Gasteiger partial charge in [-0.2, -0.15) is 0 Å². The van der Waals surface area contributed by atoms with E-state index in [-0.39, 0.29) is 5.78 Å². The molecule has 110 valence electrons. The summed E-state index contributed by atoms with van der Waals surface area (Å²) in [5.74, 6) is 1.27. The lowest BCUT2D eigenvalue weighted by atomic mass is 10.1. The fourth-order valence-corrected chi connectivity index (χ4v) is 3.23. The minimum atomic E-state index is -0.0383. The third kappa shape index (κ3) is 3.12. The van der Waals surface area contributed by atoms with E-state index >= 15 is 0 Å². The number of ketones is 1. The second-order valence-electron chi connectivity index (χ2n) is 4.96. The molecule has 0 aliphatic carbocycles. The van der Waals surface area contributed by atoms with E-state index in [2.05, 4.69) is 17.1 Å². The van der Waals surface area contributed by atoms with Crippen LogP contribution in [0.5, 0.6) is 0 Å². The molecular formula is C18H16N2OS. The first-order valence-corrected chi connectivity index (χ1v) is 8.02. The predicted molar refractivity (Wildman–Crippen MR) is 89.1 cm³/mol. The first-order chi connectivity index (χ1) is 10.8. The average molecular weight is 308 g/mol. The number of imidazole rings is 1. The number of nitrogens with zero attached hydrogens (tertiary/aromatic N) is 2. The summed E-state index contributed by atoms with van der Waals surface area (Å²) in [7, 11) is 1.83. The van der Waals surface area contributed by atoms with Gasteiger partial charge in [0.05, 0.1) is 0 Å². The van der Waals surface area contributed by atoms with Gasteiger partial charge in [0.15, 0.2) is 5.82 Å². The Morgan fingerprint density at radius 2 is 1.82 bits per heavy atom. The summed E-state index contributed by atoms with van der Waals surface area (Å²) in [6.45, 7) is 0. The zero-order chi connectivity index (χ0) is 15.4. The smallest absolute Gasteiger partial charge is 0.229 e. The molecule has 0 aliphatic heterocycles. The van der Waals surface area contributed by atoms with Crippen molar-refractivity contribution in [3.63, 3.8) is 0 Å². The lowest BCUT2D eigenvalue weighted by molar-refractivity contribution is 0.102. The zero-order valence-corrected chi connectivity index (χ0v) is 13.1. The van der Waals surface area contributed by atoms with Crippen LogP contribution in [-0.4, -0.2) is 15.3 Å². The summed E-state index contributed by atoms with van der Waals surface area (Å²) < 4.78 is 1.75.